The van der Waals surface area contributed by atoms with E-state index in [9.17, 15) is 9.90 Å². The Morgan fingerprint density at radius 2 is 1.78 bits per heavy atom. The molecule has 2 aromatic carbocycles. The number of ether oxygens (including phenoxy) is 4. The van der Waals surface area contributed by atoms with Gasteiger partial charge in [0.1, 0.15) is 16.4 Å². The number of benzene rings is 2. The molecule has 1 N–H and O–H groups in total. The number of carbonyl (C=O) groups is 1. The molecule has 3 rings (SSSR count). The number of methoxy groups -OCH3 is 3. The van der Waals surface area contributed by atoms with Crippen LogP contribution in [0, 0.1) is 6.92 Å². The Labute approximate surface area is 191 Å². The minimum absolute atomic E-state index is 0.0331. The van der Waals surface area contributed by atoms with E-state index in [1.54, 1.807) is 25.1 Å². The van der Waals surface area contributed by atoms with Gasteiger partial charge in [-0.25, -0.2) is 9.79 Å². The molecule has 0 fully saturated rings. The Hall–Kier alpha value is -3.39. The van der Waals surface area contributed by atoms with Crippen molar-refractivity contribution in [3.8, 4) is 17.2 Å². The van der Waals surface area contributed by atoms with E-state index in [0.717, 1.165) is 5.56 Å². The van der Waals surface area contributed by atoms with E-state index in [1.165, 1.54) is 33.1 Å². The lowest BCUT2D eigenvalue weighted by atomic mass is 10.1. The van der Waals surface area contributed by atoms with Crippen LogP contribution in [0.2, 0.25) is 0 Å². The summed E-state index contributed by atoms with van der Waals surface area (Å²) in [6, 6.07) is 11.1. The third kappa shape index (κ3) is 4.60. The van der Waals surface area contributed by atoms with Gasteiger partial charge in [-0.1, -0.05) is 30.0 Å². The molecule has 32 heavy (non-hydrogen) atoms. The van der Waals surface area contributed by atoms with Crippen LogP contribution in [0.25, 0.3) is 6.08 Å². The van der Waals surface area contributed by atoms with Gasteiger partial charge in [0.15, 0.2) is 11.5 Å². The van der Waals surface area contributed by atoms with Crippen molar-refractivity contribution in [2.45, 2.75) is 13.8 Å². The van der Waals surface area contributed by atoms with Crippen LogP contribution in [0.15, 0.2) is 57.6 Å². The third-order valence-electron chi connectivity index (χ3n) is 4.73. The standard InChI is InChI=1S/C24H25NO6S/c1-6-31-24(27)19-20(26)18(32-23(19)25-16-10-8-7-9-14(16)2)13-15-11-12-17(28-3)22(30-5)21(15)29-4/h7-13,26H,6H2,1-5H3/b18-13+,25-23?. The van der Waals surface area contributed by atoms with Gasteiger partial charge >= 0.3 is 5.97 Å². The first-order valence-electron chi connectivity index (χ1n) is 9.89. The minimum Gasteiger partial charge on any atom is -0.506 e. The Kier molecular flexibility index (Phi) is 7.48. The van der Waals surface area contributed by atoms with Crippen molar-refractivity contribution >= 4 is 34.5 Å². The molecule has 168 valence electrons. The van der Waals surface area contributed by atoms with Crippen molar-refractivity contribution in [3.05, 3.63) is 63.8 Å². The molecule has 0 radical (unpaired) electrons. The van der Waals surface area contributed by atoms with E-state index < -0.39 is 5.97 Å². The zero-order chi connectivity index (χ0) is 23.3. The number of para-hydroxylation sites is 1. The average Bonchev–Trinajstić information content (AvgIpc) is 3.09. The summed E-state index contributed by atoms with van der Waals surface area (Å²) in [6.45, 7) is 3.82. The van der Waals surface area contributed by atoms with Crippen LogP contribution in [0.4, 0.5) is 5.69 Å². The quantitative estimate of drug-likeness (QED) is 0.573. The first-order valence-corrected chi connectivity index (χ1v) is 10.7. The van der Waals surface area contributed by atoms with Gasteiger partial charge in [0.2, 0.25) is 5.75 Å². The molecule has 2 aromatic rings. The Morgan fingerprint density at radius 1 is 1.06 bits per heavy atom. The maximum Gasteiger partial charge on any atom is 0.344 e. The highest BCUT2D eigenvalue weighted by atomic mass is 32.2. The molecule has 0 spiro atoms. The molecule has 0 aliphatic carbocycles. The second-order valence-corrected chi connectivity index (χ2v) is 7.71. The number of aliphatic imine (C=N–C) groups is 1. The molecule has 7 nitrogen and oxygen atoms in total. The first kappa shape index (κ1) is 23.3. The van der Waals surface area contributed by atoms with E-state index in [0.29, 0.717) is 38.4 Å². The van der Waals surface area contributed by atoms with Crippen molar-refractivity contribution in [1.82, 2.24) is 0 Å². The molecule has 1 aliphatic rings. The predicted octanol–water partition coefficient (Wildman–Crippen LogP) is 5.21. The molecular weight excluding hydrogens is 430 g/mol. The van der Waals surface area contributed by atoms with E-state index in [-0.39, 0.29) is 17.9 Å². The molecule has 1 aliphatic heterocycles. The maximum atomic E-state index is 12.6. The maximum absolute atomic E-state index is 12.6. The van der Waals surface area contributed by atoms with Gasteiger partial charge in [-0.05, 0) is 43.7 Å². The zero-order valence-corrected chi connectivity index (χ0v) is 19.4. The van der Waals surface area contributed by atoms with Crippen molar-refractivity contribution in [2.24, 2.45) is 4.99 Å². The number of esters is 1. The normalized spacial score (nSPS) is 15.9. The van der Waals surface area contributed by atoms with Crippen LogP contribution in [0.3, 0.4) is 0 Å². The van der Waals surface area contributed by atoms with Crippen molar-refractivity contribution in [2.75, 3.05) is 27.9 Å². The monoisotopic (exact) mass is 455 g/mol. The van der Waals surface area contributed by atoms with E-state index in [1.807, 2.05) is 31.2 Å². The molecule has 0 atom stereocenters. The summed E-state index contributed by atoms with van der Waals surface area (Å²) in [5.41, 5.74) is 2.32. The SMILES string of the molecule is CCOC(=O)C1=C(O)/C(=C\c2ccc(OC)c(OC)c2OC)SC1=Nc1ccccc1C. The third-order valence-corrected chi connectivity index (χ3v) is 5.75. The molecule has 0 saturated carbocycles. The predicted molar refractivity (Wildman–Crippen MR) is 126 cm³/mol. The summed E-state index contributed by atoms with van der Waals surface area (Å²) < 4.78 is 21.5. The van der Waals surface area contributed by atoms with Gasteiger partial charge in [0.05, 0.1) is 38.5 Å². The number of nitrogens with zero attached hydrogens (tertiary/aromatic N) is 1. The highest BCUT2D eigenvalue weighted by Crippen LogP contribution is 2.44. The van der Waals surface area contributed by atoms with Crippen LogP contribution in [-0.2, 0) is 9.53 Å². The molecule has 1 heterocycles. The highest BCUT2D eigenvalue weighted by molar-refractivity contribution is 8.18. The second-order valence-electron chi connectivity index (χ2n) is 6.68. The number of aliphatic hydroxyl groups is 1. The van der Waals surface area contributed by atoms with Crippen LogP contribution in [0.1, 0.15) is 18.1 Å². The van der Waals surface area contributed by atoms with E-state index in [2.05, 4.69) is 4.99 Å². The van der Waals surface area contributed by atoms with Crippen molar-refractivity contribution in [1.29, 1.82) is 0 Å². The summed E-state index contributed by atoms with van der Waals surface area (Å²) in [5.74, 6) is 0.550. The summed E-state index contributed by atoms with van der Waals surface area (Å²) in [7, 11) is 4.58. The van der Waals surface area contributed by atoms with Gasteiger partial charge in [-0.3, -0.25) is 0 Å². The van der Waals surface area contributed by atoms with Crippen LogP contribution >= 0.6 is 11.8 Å². The first-order chi connectivity index (χ1) is 15.4. The van der Waals surface area contributed by atoms with Crippen molar-refractivity contribution < 1.29 is 28.8 Å². The summed E-state index contributed by atoms with van der Waals surface area (Å²) >= 11 is 1.18. The molecule has 0 unspecified atom stereocenters. The smallest absolute Gasteiger partial charge is 0.344 e. The average molecular weight is 456 g/mol. The lowest BCUT2D eigenvalue weighted by molar-refractivity contribution is -0.138. The Bertz CT molecular complexity index is 1120. The topological polar surface area (TPSA) is 86.6 Å². The fourth-order valence-corrected chi connectivity index (χ4v) is 4.19. The molecule has 8 heteroatoms. The van der Waals surface area contributed by atoms with Crippen molar-refractivity contribution in [3.63, 3.8) is 0 Å². The number of aliphatic hydroxyl groups excluding tert-OH is 1. The van der Waals surface area contributed by atoms with Gasteiger partial charge in [-0.15, -0.1) is 0 Å². The summed E-state index contributed by atoms with van der Waals surface area (Å²) in [5, 5.41) is 11.3. The number of aryl methyl sites for hydroxylation is 1. The molecule has 0 saturated heterocycles. The number of rotatable bonds is 7. The van der Waals surface area contributed by atoms with Gasteiger partial charge in [0, 0.05) is 5.56 Å². The van der Waals surface area contributed by atoms with Crippen LogP contribution in [-0.4, -0.2) is 44.1 Å². The Morgan fingerprint density at radius 3 is 2.41 bits per heavy atom. The van der Waals surface area contributed by atoms with Gasteiger partial charge in [-0.2, -0.15) is 0 Å². The lowest BCUT2D eigenvalue weighted by Gasteiger charge is -2.14. The van der Waals surface area contributed by atoms with Gasteiger partial charge < -0.3 is 24.1 Å². The molecule has 0 bridgehead atoms. The minimum atomic E-state index is -0.632. The fourth-order valence-electron chi connectivity index (χ4n) is 3.17. The van der Waals surface area contributed by atoms with Gasteiger partial charge in [0.25, 0.3) is 0 Å². The summed E-state index contributed by atoms with van der Waals surface area (Å²) in [6.07, 6.45) is 1.71. The van der Waals surface area contributed by atoms with E-state index in [4.69, 9.17) is 18.9 Å². The van der Waals surface area contributed by atoms with Crippen LogP contribution < -0.4 is 14.2 Å². The highest BCUT2D eigenvalue weighted by Gasteiger charge is 2.33. The number of carbonyl (C=O) groups excluding carboxylic acids is 1. The number of thioether (sulfide) groups is 1. The lowest BCUT2D eigenvalue weighted by Crippen LogP contribution is -2.12. The van der Waals surface area contributed by atoms with E-state index >= 15 is 0 Å². The molecule has 0 amide bonds. The number of hydrogen-bond acceptors (Lipinski definition) is 8. The van der Waals surface area contributed by atoms with Crippen LogP contribution in [0.5, 0.6) is 17.2 Å². The second kappa shape index (κ2) is 10.3. The Balaban J connectivity index is 2.13. The number of hydrogen-bond donors (Lipinski definition) is 1. The largest absolute Gasteiger partial charge is 0.506 e. The molecular formula is C24H25NO6S. The fraction of sp³-hybridized carbons (Fsp3) is 0.250. The summed E-state index contributed by atoms with van der Waals surface area (Å²) in [4.78, 5) is 17.7. The molecule has 0 aromatic heterocycles. The zero-order valence-electron chi connectivity index (χ0n) is 18.6.